The Morgan fingerprint density at radius 2 is 1.92 bits per heavy atom. The Morgan fingerprint density at radius 3 is 2.54 bits per heavy atom. The zero-order valence-corrected chi connectivity index (χ0v) is 15.7. The number of amides is 1. The van der Waals surface area contributed by atoms with E-state index in [1.54, 1.807) is 0 Å². The Kier molecular flexibility index (Phi) is 7.91. The van der Waals surface area contributed by atoms with Crippen molar-refractivity contribution < 1.29 is 9.59 Å². The molecule has 4 nitrogen and oxygen atoms in total. The van der Waals surface area contributed by atoms with Crippen molar-refractivity contribution >= 4 is 24.1 Å². The number of likely N-dealkylation sites (tertiary alicyclic amines) is 1. The molecule has 0 saturated carbocycles. The van der Waals surface area contributed by atoms with Crippen LogP contribution in [0, 0.1) is 19.8 Å². The van der Waals surface area contributed by atoms with Crippen molar-refractivity contribution in [2.45, 2.75) is 52.5 Å². The topological polar surface area (TPSA) is 63.4 Å². The first-order valence-corrected chi connectivity index (χ1v) is 8.52. The van der Waals surface area contributed by atoms with Crippen LogP contribution >= 0.6 is 12.4 Å². The van der Waals surface area contributed by atoms with Crippen molar-refractivity contribution in [1.29, 1.82) is 0 Å². The molecule has 2 N–H and O–H groups in total. The normalized spacial score (nSPS) is 20.4. The Morgan fingerprint density at radius 1 is 1.21 bits per heavy atom. The second kappa shape index (κ2) is 9.19. The monoisotopic (exact) mass is 352 g/mol. The molecule has 1 aromatic rings. The molecule has 0 aliphatic carbocycles. The number of halogens is 1. The van der Waals surface area contributed by atoms with Crippen LogP contribution in [-0.4, -0.2) is 35.7 Å². The van der Waals surface area contributed by atoms with Gasteiger partial charge in [0.1, 0.15) is 0 Å². The van der Waals surface area contributed by atoms with Crippen LogP contribution in [0.3, 0.4) is 0 Å². The fourth-order valence-electron chi connectivity index (χ4n) is 3.23. The van der Waals surface area contributed by atoms with E-state index >= 15 is 0 Å². The standard InChI is InChI=1S/C19H28N2O2.ClH/c1-13-8-9-21(17(10-13)12-20)19(23)7-6-18(22)16-5-4-14(2)15(3)11-16;/h4-5,11,13,17H,6-10,12,20H2,1-3H3;1H. The molecule has 1 aromatic carbocycles. The zero-order valence-electron chi connectivity index (χ0n) is 14.9. The van der Waals surface area contributed by atoms with Gasteiger partial charge in [-0.05, 0) is 49.8 Å². The lowest BCUT2D eigenvalue weighted by molar-refractivity contribution is -0.135. The first-order chi connectivity index (χ1) is 10.9. The number of carbonyl (C=O) groups is 2. The van der Waals surface area contributed by atoms with Crippen LogP contribution in [0.1, 0.15) is 54.1 Å². The molecule has 0 aromatic heterocycles. The minimum Gasteiger partial charge on any atom is -0.338 e. The summed E-state index contributed by atoms with van der Waals surface area (Å²) in [6.07, 6.45) is 2.53. The summed E-state index contributed by atoms with van der Waals surface area (Å²) in [7, 11) is 0. The largest absolute Gasteiger partial charge is 0.338 e. The van der Waals surface area contributed by atoms with Gasteiger partial charge in [0, 0.05) is 37.5 Å². The smallest absolute Gasteiger partial charge is 0.223 e. The van der Waals surface area contributed by atoms with E-state index in [1.807, 2.05) is 36.9 Å². The number of nitrogens with two attached hydrogens (primary N) is 1. The van der Waals surface area contributed by atoms with Crippen molar-refractivity contribution in [2.24, 2.45) is 11.7 Å². The molecule has 5 heteroatoms. The van der Waals surface area contributed by atoms with Crippen molar-refractivity contribution in [3.63, 3.8) is 0 Å². The van der Waals surface area contributed by atoms with Gasteiger partial charge in [0.25, 0.3) is 0 Å². The van der Waals surface area contributed by atoms with Gasteiger partial charge in [-0.1, -0.05) is 19.1 Å². The predicted molar refractivity (Wildman–Crippen MR) is 99.7 cm³/mol. The molecule has 2 unspecified atom stereocenters. The molecule has 1 saturated heterocycles. The van der Waals surface area contributed by atoms with E-state index in [-0.39, 0.29) is 43.0 Å². The summed E-state index contributed by atoms with van der Waals surface area (Å²) in [4.78, 5) is 26.6. The van der Waals surface area contributed by atoms with Gasteiger partial charge in [0.2, 0.25) is 5.91 Å². The summed E-state index contributed by atoms with van der Waals surface area (Å²) >= 11 is 0. The average molecular weight is 353 g/mol. The molecule has 1 aliphatic rings. The number of carbonyl (C=O) groups excluding carboxylic acids is 2. The van der Waals surface area contributed by atoms with Crippen molar-refractivity contribution in [1.82, 2.24) is 4.90 Å². The highest BCUT2D eigenvalue weighted by atomic mass is 35.5. The van der Waals surface area contributed by atoms with Crippen LogP contribution in [-0.2, 0) is 4.79 Å². The van der Waals surface area contributed by atoms with Crippen LogP contribution in [0.15, 0.2) is 18.2 Å². The lowest BCUT2D eigenvalue weighted by Gasteiger charge is -2.38. The van der Waals surface area contributed by atoms with Crippen molar-refractivity contribution in [3.05, 3.63) is 34.9 Å². The van der Waals surface area contributed by atoms with Crippen molar-refractivity contribution in [3.8, 4) is 0 Å². The number of benzene rings is 1. The first kappa shape index (κ1) is 20.7. The molecule has 2 rings (SSSR count). The molecular formula is C19H29ClN2O2. The minimum absolute atomic E-state index is 0. The lowest BCUT2D eigenvalue weighted by Crippen LogP contribution is -2.49. The minimum atomic E-state index is 0. The summed E-state index contributed by atoms with van der Waals surface area (Å²) in [5.74, 6) is 0.713. The average Bonchev–Trinajstić information content (AvgIpc) is 2.54. The zero-order chi connectivity index (χ0) is 17.0. The molecule has 134 valence electrons. The number of hydrogen-bond donors (Lipinski definition) is 1. The van der Waals surface area contributed by atoms with Gasteiger partial charge >= 0.3 is 0 Å². The van der Waals surface area contributed by atoms with E-state index in [0.717, 1.165) is 24.9 Å². The molecule has 24 heavy (non-hydrogen) atoms. The SMILES string of the molecule is Cc1ccc(C(=O)CCC(=O)N2CCC(C)CC2CN)cc1C.Cl. The molecule has 0 bridgehead atoms. The summed E-state index contributed by atoms with van der Waals surface area (Å²) in [5, 5.41) is 0. The van der Waals surface area contributed by atoms with Gasteiger partial charge in [0.15, 0.2) is 5.78 Å². The number of Topliss-reactive ketones (excluding diaryl/α,β-unsaturated/α-hetero) is 1. The Balaban J connectivity index is 0.00000288. The maximum absolute atomic E-state index is 12.4. The highest BCUT2D eigenvalue weighted by Gasteiger charge is 2.28. The number of nitrogens with zero attached hydrogens (tertiary/aromatic N) is 1. The van der Waals surface area contributed by atoms with E-state index in [4.69, 9.17) is 5.73 Å². The molecular weight excluding hydrogens is 324 g/mol. The maximum Gasteiger partial charge on any atom is 0.223 e. The summed E-state index contributed by atoms with van der Waals surface area (Å²) < 4.78 is 0. The molecule has 2 atom stereocenters. The third-order valence-corrected chi connectivity index (χ3v) is 4.97. The van der Waals surface area contributed by atoms with Crippen molar-refractivity contribution in [2.75, 3.05) is 13.1 Å². The quantitative estimate of drug-likeness (QED) is 0.827. The van der Waals surface area contributed by atoms with Crippen LogP contribution in [0.4, 0.5) is 0 Å². The molecule has 1 aliphatic heterocycles. The summed E-state index contributed by atoms with van der Waals surface area (Å²) in [6, 6.07) is 5.84. The van der Waals surface area contributed by atoms with Gasteiger partial charge in [-0.2, -0.15) is 0 Å². The molecule has 1 fully saturated rings. The van der Waals surface area contributed by atoms with E-state index < -0.39 is 0 Å². The second-order valence-electron chi connectivity index (χ2n) is 6.83. The lowest BCUT2D eigenvalue weighted by atomic mass is 9.92. The van der Waals surface area contributed by atoms with E-state index in [2.05, 4.69) is 6.92 Å². The molecule has 1 amide bonds. The van der Waals surface area contributed by atoms with E-state index in [9.17, 15) is 9.59 Å². The van der Waals surface area contributed by atoms with Crippen LogP contribution in [0.25, 0.3) is 0 Å². The van der Waals surface area contributed by atoms with Crippen LogP contribution in [0.2, 0.25) is 0 Å². The predicted octanol–water partition coefficient (Wildman–Crippen LogP) is 3.27. The molecule has 0 radical (unpaired) electrons. The molecule has 1 heterocycles. The molecule has 0 spiro atoms. The highest BCUT2D eigenvalue weighted by Crippen LogP contribution is 2.23. The fraction of sp³-hybridized carbons (Fsp3) is 0.579. The third kappa shape index (κ3) is 5.05. The third-order valence-electron chi connectivity index (χ3n) is 4.97. The van der Waals surface area contributed by atoms with E-state index in [0.29, 0.717) is 18.0 Å². The summed E-state index contributed by atoms with van der Waals surface area (Å²) in [5.41, 5.74) is 8.79. The number of hydrogen-bond acceptors (Lipinski definition) is 3. The van der Waals surface area contributed by atoms with Crippen LogP contribution in [0.5, 0.6) is 0 Å². The fourth-order valence-corrected chi connectivity index (χ4v) is 3.23. The maximum atomic E-state index is 12.4. The highest BCUT2D eigenvalue weighted by molar-refractivity contribution is 5.98. The Bertz CT molecular complexity index is 589. The number of piperidine rings is 1. The van der Waals surface area contributed by atoms with E-state index in [1.165, 1.54) is 5.56 Å². The Hall–Kier alpha value is -1.39. The van der Waals surface area contributed by atoms with Gasteiger partial charge in [-0.15, -0.1) is 12.4 Å². The number of aryl methyl sites for hydroxylation is 2. The Labute approximate surface area is 151 Å². The van der Waals surface area contributed by atoms with Gasteiger partial charge in [-0.3, -0.25) is 9.59 Å². The second-order valence-corrected chi connectivity index (χ2v) is 6.83. The first-order valence-electron chi connectivity index (χ1n) is 8.52. The van der Waals surface area contributed by atoms with Gasteiger partial charge in [0.05, 0.1) is 0 Å². The number of ketones is 1. The van der Waals surface area contributed by atoms with Gasteiger partial charge < -0.3 is 10.6 Å². The number of rotatable bonds is 5. The summed E-state index contributed by atoms with van der Waals surface area (Å²) in [6.45, 7) is 7.49. The van der Waals surface area contributed by atoms with Crippen LogP contribution < -0.4 is 5.73 Å². The van der Waals surface area contributed by atoms with Gasteiger partial charge in [-0.25, -0.2) is 0 Å².